The fraction of sp³-hybridized carbons (Fsp3) is 0.579. The zero-order valence-electron chi connectivity index (χ0n) is 14.8. The van der Waals surface area contributed by atoms with Gasteiger partial charge in [0.15, 0.2) is 9.84 Å². The minimum absolute atomic E-state index is 0.0234. The maximum atomic E-state index is 12.8. The van der Waals surface area contributed by atoms with Crippen LogP contribution in [0.1, 0.15) is 34.3 Å². The van der Waals surface area contributed by atoms with Crippen molar-refractivity contribution < 1.29 is 18.0 Å². The zero-order chi connectivity index (χ0) is 18.3. The van der Waals surface area contributed by atoms with E-state index in [0.29, 0.717) is 32.6 Å². The number of amides is 2. The molecule has 0 radical (unpaired) electrons. The standard InChI is InChI=1S/C19H24N2O4S/c22-18(16-5-4-14-2-1-3-15(14)12-16)20-7-9-21(10-8-20)19(23)17-6-11-26(24,25)13-17/h4-5,12,17H,1-3,6-11,13H2. The van der Waals surface area contributed by atoms with E-state index in [-0.39, 0.29) is 23.3 Å². The van der Waals surface area contributed by atoms with Crippen LogP contribution >= 0.6 is 0 Å². The van der Waals surface area contributed by atoms with Crippen molar-refractivity contribution in [2.45, 2.75) is 25.7 Å². The van der Waals surface area contributed by atoms with E-state index in [2.05, 4.69) is 6.07 Å². The molecule has 3 aliphatic rings. The molecule has 0 bridgehead atoms. The smallest absolute Gasteiger partial charge is 0.253 e. The Morgan fingerprint density at radius 1 is 0.962 bits per heavy atom. The lowest BCUT2D eigenvalue weighted by Gasteiger charge is -2.36. The van der Waals surface area contributed by atoms with Crippen molar-refractivity contribution in [1.82, 2.24) is 9.80 Å². The van der Waals surface area contributed by atoms with Crippen molar-refractivity contribution in [2.24, 2.45) is 5.92 Å². The quantitative estimate of drug-likeness (QED) is 0.768. The van der Waals surface area contributed by atoms with Gasteiger partial charge in [-0.25, -0.2) is 8.42 Å². The number of benzene rings is 1. The van der Waals surface area contributed by atoms with Gasteiger partial charge in [0.2, 0.25) is 5.91 Å². The molecule has 1 atom stereocenters. The Bertz CT molecular complexity index is 841. The minimum atomic E-state index is -3.06. The molecule has 1 aliphatic carbocycles. The Balaban J connectivity index is 1.36. The Kier molecular flexibility index (Phi) is 4.50. The molecule has 0 aromatic heterocycles. The Morgan fingerprint density at radius 3 is 2.35 bits per heavy atom. The Labute approximate surface area is 154 Å². The molecule has 7 heteroatoms. The highest BCUT2D eigenvalue weighted by molar-refractivity contribution is 7.91. The highest BCUT2D eigenvalue weighted by atomic mass is 32.2. The van der Waals surface area contributed by atoms with Crippen molar-refractivity contribution >= 4 is 21.7 Å². The van der Waals surface area contributed by atoms with Gasteiger partial charge in [-0.2, -0.15) is 0 Å². The summed E-state index contributed by atoms with van der Waals surface area (Å²) in [6.07, 6.45) is 3.73. The second-order valence-corrected chi connectivity index (χ2v) is 9.78. The van der Waals surface area contributed by atoms with Crippen LogP contribution in [0.3, 0.4) is 0 Å². The van der Waals surface area contributed by atoms with Gasteiger partial charge in [0.1, 0.15) is 0 Å². The molecule has 1 unspecified atom stereocenters. The summed E-state index contributed by atoms with van der Waals surface area (Å²) in [5, 5.41) is 0. The summed E-state index contributed by atoms with van der Waals surface area (Å²) in [6, 6.07) is 5.99. The maximum absolute atomic E-state index is 12.8. The third-order valence-corrected chi connectivity index (χ3v) is 7.57. The molecule has 140 valence electrons. The Morgan fingerprint density at radius 2 is 1.65 bits per heavy atom. The van der Waals surface area contributed by atoms with E-state index in [4.69, 9.17) is 0 Å². The summed E-state index contributed by atoms with van der Waals surface area (Å²) < 4.78 is 23.2. The van der Waals surface area contributed by atoms with Crippen LogP contribution < -0.4 is 0 Å². The van der Waals surface area contributed by atoms with E-state index in [1.807, 2.05) is 12.1 Å². The number of nitrogens with zero attached hydrogens (tertiary/aromatic N) is 2. The maximum Gasteiger partial charge on any atom is 0.253 e. The van der Waals surface area contributed by atoms with Gasteiger partial charge in [-0.1, -0.05) is 6.07 Å². The van der Waals surface area contributed by atoms with Crippen LogP contribution in [0.2, 0.25) is 0 Å². The number of rotatable bonds is 2. The summed E-state index contributed by atoms with van der Waals surface area (Å²) >= 11 is 0. The summed E-state index contributed by atoms with van der Waals surface area (Å²) in [6.45, 7) is 1.96. The van der Waals surface area contributed by atoms with Crippen LogP contribution in [0, 0.1) is 5.92 Å². The average Bonchev–Trinajstić information content (AvgIpc) is 3.25. The summed E-state index contributed by atoms with van der Waals surface area (Å²) in [5.41, 5.74) is 3.36. The summed E-state index contributed by atoms with van der Waals surface area (Å²) in [7, 11) is -3.06. The van der Waals surface area contributed by atoms with Crippen molar-refractivity contribution in [2.75, 3.05) is 37.7 Å². The highest BCUT2D eigenvalue weighted by Gasteiger charge is 2.36. The molecule has 2 aliphatic heterocycles. The number of piperazine rings is 1. The third-order valence-electron chi connectivity index (χ3n) is 5.81. The van der Waals surface area contributed by atoms with E-state index in [0.717, 1.165) is 24.8 Å². The lowest BCUT2D eigenvalue weighted by Crippen LogP contribution is -2.52. The molecule has 0 saturated carbocycles. The predicted molar refractivity (Wildman–Crippen MR) is 97.7 cm³/mol. The van der Waals surface area contributed by atoms with E-state index >= 15 is 0 Å². The molecule has 0 spiro atoms. The van der Waals surface area contributed by atoms with Crippen LogP contribution in [0.4, 0.5) is 0 Å². The van der Waals surface area contributed by atoms with Gasteiger partial charge in [0, 0.05) is 31.7 Å². The summed E-state index contributed by atoms with van der Waals surface area (Å²) in [4.78, 5) is 28.8. The van der Waals surface area contributed by atoms with Crippen molar-refractivity contribution in [3.63, 3.8) is 0 Å². The first-order chi connectivity index (χ1) is 12.4. The molecule has 1 aromatic rings. The van der Waals surface area contributed by atoms with Gasteiger partial charge in [0.05, 0.1) is 17.4 Å². The molecule has 2 saturated heterocycles. The van der Waals surface area contributed by atoms with Gasteiger partial charge in [0.25, 0.3) is 5.91 Å². The van der Waals surface area contributed by atoms with E-state index < -0.39 is 15.8 Å². The molecule has 0 N–H and O–H groups in total. The summed E-state index contributed by atoms with van der Waals surface area (Å²) in [5.74, 6) is -0.370. The van der Waals surface area contributed by atoms with E-state index in [1.54, 1.807) is 9.80 Å². The van der Waals surface area contributed by atoms with Crippen molar-refractivity contribution in [1.29, 1.82) is 0 Å². The topological polar surface area (TPSA) is 74.8 Å². The molecule has 2 fully saturated rings. The molecule has 26 heavy (non-hydrogen) atoms. The van der Waals surface area contributed by atoms with Gasteiger partial charge in [-0.15, -0.1) is 0 Å². The molecule has 2 heterocycles. The second-order valence-electron chi connectivity index (χ2n) is 7.55. The first kappa shape index (κ1) is 17.5. The first-order valence-electron chi connectivity index (χ1n) is 9.33. The van der Waals surface area contributed by atoms with Crippen LogP contribution in [0.5, 0.6) is 0 Å². The van der Waals surface area contributed by atoms with E-state index in [1.165, 1.54) is 11.1 Å². The molecule has 1 aromatic carbocycles. The number of sulfone groups is 1. The number of hydrogen-bond acceptors (Lipinski definition) is 4. The lowest BCUT2D eigenvalue weighted by molar-refractivity contribution is -0.136. The van der Waals surface area contributed by atoms with Crippen molar-refractivity contribution in [3.8, 4) is 0 Å². The third kappa shape index (κ3) is 3.37. The fourth-order valence-corrected chi connectivity index (χ4v) is 6.00. The van der Waals surface area contributed by atoms with Gasteiger partial charge >= 0.3 is 0 Å². The Hall–Kier alpha value is -1.89. The van der Waals surface area contributed by atoms with E-state index in [9.17, 15) is 18.0 Å². The minimum Gasteiger partial charge on any atom is -0.339 e. The normalized spacial score (nSPS) is 24.5. The SMILES string of the molecule is O=C(c1ccc2c(c1)CCC2)N1CCN(C(=O)C2CCS(=O)(=O)C2)CC1. The molecule has 2 amide bonds. The van der Waals surface area contributed by atoms with Crippen LogP contribution in [-0.2, 0) is 27.5 Å². The largest absolute Gasteiger partial charge is 0.339 e. The predicted octanol–water partition coefficient (Wildman–Crippen LogP) is 0.894. The fourth-order valence-electron chi connectivity index (χ4n) is 4.27. The number of fused-ring (bicyclic) bond motifs is 1. The number of carbonyl (C=O) groups is 2. The van der Waals surface area contributed by atoms with Gasteiger partial charge in [-0.05, 0) is 48.9 Å². The number of hydrogen-bond donors (Lipinski definition) is 0. The number of aryl methyl sites for hydroxylation is 2. The zero-order valence-corrected chi connectivity index (χ0v) is 15.6. The average molecular weight is 376 g/mol. The lowest BCUT2D eigenvalue weighted by atomic mass is 10.0. The molecular formula is C19H24N2O4S. The molecule has 6 nitrogen and oxygen atoms in total. The highest BCUT2D eigenvalue weighted by Crippen LogP contribution is 2.24. The molecular weight excluding hydrogens is 352 g/mol. The number of carbonyl (C=O) groups excluding carboxylic acids is 2. The first-order valence-corrected chi connectivity index (χ1v) is 11.2. The van der Waals surface area contributed by atoms with Gasteiger partial charge < -0.3 is 9.80 Å². The van der Waals surface area contributed by atoms with Crippen molar-refractivity contribution in [3.05, 3.63) is 34.9 Å². The van der Waals surface area contributed by atoms with Gasteiger partial charge in [-0.3, -0.25) is 9.59 Å². The second kappa shape index (κ2) is 6.68. The van der Waals surface area contributed by atoms with Crippen LogP contribution in [0.15, 0.2) is 18.2 Å². The monoisotopic (exact) mass is 376 g/mol. The molecule has 4 rings (SSSR count). The van der Waals surface area contributed by atoms with Crippen LogP contribution in [0.25, 0.3) is 0 Å². The van der Waals surface area contributed by atoms with Crippen LogP contribution in [-0.4, -0.2) is 67.7 Å².